The average Bonchev–Trinajstić information content (AvgIpc) is 2.91. The van der Waals surface area contributed by atoms with Crippen LogP contribution in [0, 0.1) is 5.41 Å². The summed E-state index contributed by atoms with van der Waals surface area (Å²) in [5, 5.41) is 0. The molecule has 1 spiro atoms. The molecule has 3 rings (SSSR count). The molecule has 0 aliphatic carbocycles. The molecule has 0 unspecified atom stereocenters. The lowest BCUT2D eigenvalue weighted by molar-refractivity contribution is 0.00728. The molecule has 1 atom stereocenters. The maximum atomic E-state index is 11.6. The Kier molecular flexibility index (Phi) is 5.01. The lowest BCUT2D eigenvalue weighted by Gasteiger charge is -2.37. The highest BCUT2D eigenvalue weighted by Crippen LogP contribution is 2.42. The van der Waals surface area contributed by atoms with Crippen molar-refractivity contribution < 1.29 is 17.9 Å². The van der Waals surface area contributed by atoms with Crippen LogP contribution in [0.5, 0.6) is 0 Å². The first-order chi connectivity index (χ1) is 11.0. The zero-order valence-corrected chi connectivity index (χ0v) is 14.3. The van der Waals surface area contributed by atoms with Gasteiger partial charge in [0.2, 0.25) is 10.0 Å². The normalized spacial score (nSPS) is 25.0. The van der Waals surface area contributed by atoms with Gasteiger partial charge in [-0.3, -0.25) is 4.98 Å². The third-order valence-electron chi connectivity index (χ3n) is 4.83. The van der Waals surface area contributed by atoms with Gasteiger partial charge in [0.05, 0.1) is 32.2 Å². The Morgan fingerprint density at radius 3 is 2.87 bits per heavy atom. The van der Waals surface area contributed by atoms with Gasteiger partial charge in [-0.15, -0.1) is 0 Å². The van der Waals surface area contributed by atoms with Crippen LogP contribution >= 0.6 is 0 Å². The third kappa shape index (κ3) is 4.29. The standard InChI is InChI=1S/C16H24N2O4S/c1-23(19,20)18-7-4-16(5-8-18)9-15(22-13-16)12-21-11-14-3-2-6-17-10-14/h2-3,6,10,15H,4-5,7-9,11-13H2,1H3/t15-/m1/s1. The van der Waals surface area contributed by atoms with Crippen molar-refractivity contribution in [2.24, 2.45) is 5.41 Å². The molecule has 3 heterocycles. The molecule has 6 nitrogen and oxygen atoms in total. The lowest BCUT2D eigenvalue weighted by Crippen LogP contribution is -2.43. The number of pyridine rings is 1. The van der Waals surface area contributed by atoms with Gasteiger partial charge in [0.25, 0.3) is 0 Å². The molecule has 0 N–H and O–H groups in total. The van der Waals surface area contributed by atoms with E-state index in [-0.39, 0.29) is 11.5 Å². The fraction of sp³-hybridized carbons (Fsp3) is 0.688. The van der Waals surface area contributed by atoms with Crippen molar-refractivity contribution in [1.82, 2.24) is 9.29 Å². The molecule has 2 saturated heterocycles. The molecule has 23 heavy (non-hydrogen) atoms. The molecule has 0 bridgehead atoms. The van der Waals surface area contributed by atoms with E-state index in [0.717, 1.165) is 24.8 Å². The van der Waals surface area contributed by atoms with Gasteiger partial charge < -0.3 is 9.47 Å². The molecule has 7 heteroatoms. The van der Waals surface area contributed by atoms with Crippen LogP contribution in [0.4, 0.5) is 0 Å². The quantitative estimate of drug-likeness (QED) is 0.811. The Morgan fingerprint density at radius 1 is 1.43 bits per heavy atom. The van der Waals surface area contributed by atoms with Crippen molar-refractivity contribution in [2.75, 3.05) is 32.6 Å². The molecule has 0 radical (unpaired) electrons. The molecule has 128 valence electrons. The first-order valence-corrected chi connectivity index (χ1v) is 9.85. The monoisotopic (exact) mass is 340 g/mol. The second-order valence-electron chi connectivity index (χ2n) is 6.68. The maximum absolute atomic E-state index is 11.6. The van der Waals surface area contributed by atoms with Crippen LogP contribution in [0.3, 0.4) is 0 Å². The number of hydrogen-bond acceptors (Lipinski definition) is 5. The van der Waals surface area contributed by atoms with Crippen LogP contribution < -0.4 is 0 Å². The van der Waals surface area contributed by atoms with E-state index in [1.54, 1.807) is 16.7 Å². The Labute approximate surface area is 137 Å². The van der Waals surface area contributed by atoms with Gasteiger partial charge in [-0.2, -0.15) is 0 Å². The van der Waals surface area contributed by atoms with Gasteiger partial charge in [-0.25, -0.2) is 12.7 Å². The summed E-state index contributed by atoms with van der Waals surface area (Å²) in [6.07, 6.45) is 7.64. The zero-order chi connectivity index (χ0) is 16.3. The average molecular weight is 340 g/mol. The van der Waals surface area contributed by atoms with Crippen LogP contribution in [-0.4, -0.2) is 56.4 Å². The topological polar surface area (TPSA) is 68.7 Å². The highest BCUT2D eigenvalue weighted by molar-refractivity contribution is 7.88. The van der Waals surface area contributed by atoms with Crippen LogP contribution in [0.15, 0.2) is 24.5 Å². The summed E-state index contributed by atoms with van der Waals surface area (Å²) in [5.41, 5.74) is 1.19. The first kappa shape index (κ1) is 16.8. The molecule has 2 fully saturated rings. The number of ether oxygens (including phenoxy) is 2. The SMILES string of the molecule is CS(=O)(=O)N1CCC2(CC1)CO[C@@H](COCc1cccnc1)C2. The Bertz CT molecular complexity index is 612. The van der Waals surface area contributed by atoms with Crippen molar-refractivity contribution in [3.63, 3.8) is 0 Å². The van der Waals surface area contributed by atoms with Crippen LogP contribution in [-0.2, 0) is 26.1 Å². The van der Waals surface area contributed by atoms with E-state index in [9.17, 15) is 8.42 Å². The predicted octanol–water partition coefficient (Wildman–Crippen LogP) is 1.43. The summed E-state index contributed by atoms with van der Waals surface area (Å²) < 4.78 is 36.4. The Hall–Kier alpha value is -1.02. The summed E-state index contributed by atoms with van der Waals surface area (Å²) in [6.45, 7) is 3.04. The Balaban J connectivity index is 1.44. The molecule has 0 aromatic carbocycles. The van der Waals surface area contributed by atoms with Crippen LogP contribution in [0.1, 0.15) is 24.8 Å². The van der Waals surface area contributed by atoms with Crippen molar-refractivity contribution in [1.29, 1.82) is 0 Å². The van der Waals surface area contributed by atoms with E-state index in [4.69, 9.17) is 9.47 Å². The highest BCUT2D eigenvalue weighted by atomic mass is 32.2. The van der Waals surface area contributed by atoms with Crippen molar-refractivity contribution in [2.45, 2.75) is 32.0 Å². The molecule has 2 aliphatic rings. The molecule has 1 aromatic rings. The summed E-state index contributed by atoms with van der Waals surface area (Å²) in [4.78, 5) is 4.07. The van der Waals surface area contributed by atoms with Gasteiger partial charge in [-0.05, 0) is 36.3 Å². The second kappa shape index (κ2) is 6.84. The molecule has 0 amide bonds. The predicted molar refractivity (Wildman–Crippen MR) is 86.3 cm³/mol. The molecular formula is C16H24N2O4S. The van der Waals surface area contributed by atoms with Crippen molar-refractivity contribution in [3.8, 4) is 0 Å². The maximum Gasteiger partial charge on any atom is 0.211 e. The highest BCUT2D eigenvalue weighted by Gasteiger charge is 2.43. The molecule has 0 saturated carbocycles. The summed E-state index contributed by atoms with van der Waals surface area (Å²) >= 11 is 0. The van der Waals surface area contributed by atoms with Gasteiger partial charge >= 0.3 is 0 Å². The number of hydrogen-bond donors (Lipinski definition) is 0. The largest absolute Gasteiger partial charge is 0.375 e. The number of aromatic nitrogens is 1. The van der Waals surface area contributed by atoms with Crippen molar-refractivity contribution in [3.05, 3.63) is 30.1 Å². The first-order valence-electron chi connectivity index (χ1n) is 8.00. The minimum absolute atomic E-state index is 0.108. The van der Waals surface area contributed by atoms with Crippen LogP contribution in [0.2, 0.25) is 0 Å². The van der Waals surface area contributed by atoms with E-state index in [0.29, 0.717) is 32.9 Å². The van der Waals surface area contributed by atoms with Gasteiger partial charge in [-0.1, -0.05) is 6.07 Å². The number of piperidine rings is 1. The minimum Gasteiger partial charge on any atom is -0.375 e. The fourth-order valence-corrected chi connectivity index (χ4v) is 4.28. The second-order valence-corrected chi connectivity index (χ2v) is 8.66. The smallest absolute Gasteiger partial charge is 0.211 e. The number of rotatable bonds is 5. The third-order valence-corrected chi connectivity index (χ3v) is 6.14. The summed E-state index contributed by atoms with van der Waals surface area (Å²) in [5.74, 6) is 0. The number of nitrogens with zero attached hydrogens (tertiary/aromatic N) is 2. The summed E-state index contributed by atoms with van der Waals surface area (Å²) in [7, 11) is -3.07. The zero-order valence-electron chi connectivity index (χ0n) is 13.5. The van der Waals surface area contributed by atoms with E-state index >= 15 is 0 Å². The lowest BCUT2D eigenvalue weighted by atomic mass is 9.77. The van der Waals surface area contributed by atoms with E-state index in [1.807, 2.05) is 12.1 Å². The van der Waals surface area contributed by atoms with Crippen LogP contribution in [0.25, 0.3) is 0 Å². The number of sulfonamides is 1. The fourth-order valence-electron chi connectivity index (χ4n) is 3.43. The van der Waals surface area contributed by atoms with E-state index < -0.39 is 10.0 Å². The molecule has 1 aromatic heterocycles. The van der Waals surface area contributed by atoms with Gasteiger partial charge in [0.15, 0.2) is 0 Å². The van der Waals surface area contributed by atoms with Gasteiger partial charge in [0.1, 0.15) is 0 Å². The molecule has 2 aliphatic heterocycles. The van der Waals surface area contributed by atoms with Crippen molar-refractivity contribution >= 4 is 10.0 Å². The van der Waals surface area contributed by atoms with E-state index in [2.05, 4.69) is 4.98 Å². The molecular weight excluding hydrogens is 316 g/mol. The Morgan fingerprint density at radius 2 is 2.22 bits per heavy atom. The van der Waals surface area contributed by atoms with E-state index in [1.165, 1.54) is 6.26 Å². The van der Waals surface area contributed by atoms with Gasteiger partial charge in [0, 0.05) is 25.5 Å². The summed E-state index contributed by atoms with van der Waals surface area (Å²) in [6, 6.07) is 3.89. The minimum atomic E-state index is -3.07.